The molecule has 2 heteroatoms. The molecular formula is C9H16N2. The van der Waals surface area contributed by atoms with E-state index in [2.05, 4.69) is 24.8 Å². The van der Waals surface area contributed by atoms with Crippen LogP contribution in [0.1, 0.15) is 26.7 Å². The maximum absolute atomic E-state index is 8.65. The zero-order chi connectivity index (χ0) is 8.27. The summed E-state index contributed by atoms with van der Waals surface area (Å²) in [5.74, 6) is 0.324. The third kappa shape index (κ3) is 2.20. The summed E-state index contributed by atoms with van der Waals surface area (Å²) in [6.45, 7) is 6.64. The van der Waals surface area contributed by atoms with E-state index in [4.69, 9.17) is 5.26 Å². The minimum absolute atomic E-state index is 0.324. The lowest BCUT2D eigenvalue weighted by molar-refractivity contribution is 0.166. The Balaban J connectivity index is 2.31. The summed E-state index contributed by atoms with van der Waals surface area (Å²) < 4.78 is 0. The minimum Gasteiger partial charge on any atom is -0.301 e. The third-order valence-corrected chi connectivity index (χ3v) is 2.44. The van der Waals surface area contributed by atoms with Crippen molar-refractivity contribution in [3.8, 4) is 6.07 Å². The Bertz CT molecular complexity index is 149. The summed E-state index contributed by atoms with van der Waals surface area (Å²) in [5, 5.41) is 8.65. The van der Waals surface area contributed by atoms with Crippen molar-refractivity contribution in [1.82, 2.24) is 4.90 Å². The van der Waals surface area contributed by atoms with E-state index < -0.39 is 0 Å². The summed E-state index contributed by atoms with van der Waals surface area (Å²) in [7, 11) is 0. The van der Waals surface area contributed by atoms with Gasteiger partial charge >= 0.3 is 0 Å². The average molecular weight is 152 g/mol. The first-order chi connectivity index (χ1) is 5.24. The molecule has 0 atom stereocenters. The molecular weight excluding hydrogens is 136 g/mol. The Labute approximate surface area is 68.8 Å². The van der Waals surface area contributed by atoms with Gasteiger partial charge in [0.25, 0.3) is 0 Å². The van der Waals surface area contributed by atoms with Gasteiger partial charge in [-0.15, -0.1) is 0 Å². The van der Waals surface area contributed by atoms with Crippen LogP contribution in [0.4, 0.5) is 0 Å². The first-order valence-electron chi connectivity index (χ1n) is 4.37. The molecule has 0 aromatic carbocycles. The normalized spacial score (nSPS) is 22.0. The van der Waals surface area contributed by atoms with Gasteiger partial charge in [0.05, 0.1) is 6.07 Å². The number of rotatable bonds is 1. The summed E-state index contributed by atoms with van der Waals surface area (Å²) in [5.41, 5.74) is 0. The summed E-state index contributed by atoms with van der Waals surface area (Å²) in [4.78, 5) is 2.44. The molecule has 1 aliphatic heterocycles. The molecule has 0 spiro atoms. The molecule has 0 radical (unpaired) electrons. The van der Waals surface area contributed by atoms with E-state index in [1.54, 1.807) is 0 Å². The second-order valence-corrected chi connectivity index (χ2v) is 3.53. The number of nitrogens with zero attached hydrogens (tertiary/aromatic N) is 2. The Hall–Kier alpha value is -0.550. The third-order valence-electron chi connectivity index (χ3n) is 2.44. The van der Waals surface area contributed by atoms with Gasteiger partial charge in [-0.2, -0.15) is 5.26 Å². The highest BCUT2D eigenvalue weighted by Crippen LogP contribution is 2.17. The van der Waals surface area contributed by atoms with Gasteiger partial charge < -0.3 is 4.90 Å². The minimum atomic E-state index is 0.324. The van der Waals surface area contributed by atoms with E-state index in [1.165, 1.54) is 0 Å². The molecule has 0 unspecified atom stereocenters. The molecule has 1 aliphatic rings. The smallest absolute Gasteiger partial charge is 0.0656 e. The number of hydrogen-bond donors (Lipinski definition) is 0. The summed E-state index contributed by atoms with van der Waals surface area (Å²) in [6, 6.07) is 2.98. The maximum atomic E-state index is 8.65. The van der Waals surface area contributed by atoms with E-state index in [0.717, 1.165) is 25.9 Å². The van der Waals surface area contributed by atoms with Crippen molar-refractivity contribution in [2.45, 2.75) is 32.7 Å². The maximum Gasteiger partial charge on any atom is 0.0656 e. The Morgan fingerprint density at radius 1 is 1.36 bits per heavy atom. The fraction of sp³-hybridized carbons (Fsp3) is 0.889. The lowest BCUT2D eigenvalue weighted by atomic mass is 9.98. The fourth-order valence-corrected chi connectivity index (χ4v) is 1.54. The van der Waals surface area contributed by atoms with Crippen LogP contribution in [0, 0.1) is 17.2 Å². The van der Waals surface area contributed by atoms with Gasteiger partial charge in [-0.05, 0) is 39.8 Å². The highest BCUT2D eigenvalue weighted by atomic mass is 15.1. The molecule has 0 aliphatic carbocycles. The Kier molecular flexibility index (Phi) is 2.90. The first-order valence-corrected chi connectivity index (χ1v) is 4.37. The molecule has 0 aromatic rings. The predicted molar refractivity (Wildman–Crippen MR) is 45.0 cm³/mol. The zero-order valence-corrected chi connectivity index (χ0v) is 7.38. The van der Waals surface area contributed by atoms with Crippen molar-refractivity contribution in [2.24, 2.45) is 5.92 Å². The number of nitriles is 1. The van der Waals surface area contributed by atoms with Crippen molar-refractivity contribution in [3.05, 3.63) is 0 Å². The highest BCUT2D eigenvalue weighted by Gasteiger charge is 2.19. The predicted octanol–water partition coefficient (Wildman–Crippen LogP) is 1.63. The molecule has 0 amide bonds. The fourth-order valence-electron chi connectivity index (χ4n) is 1.54. The molecule has 2 nitrogen and oxygen atoms in total. The van der Waals surface area contributed by atoms with Gasteiger partial charge in [0.15, 0.2) is 0 Å². The number of hydrogen-bond acceptors (Lipinski definition) is 2. The lowest BCUT2D eigenvalue weighted by Gasteiger charge is -2.32. The summed E-state index contributed by atoms with van der Waals surface area (Å²) in [6.07, 6.45) is 2.13. The van der Waals surface area contributed by atoms with Crippen LogP contribution in [0.15, 0.2) is 0 Å². The van der Waals surface area contributed by atoms with Crippen LogP contribution in [0.2, 0.25) is 0 Å². The Morgan fingerprint density at radius 2 is 1.91 bits per heavy atom. The van der Waals surface area contributed by atoms with Crippen molar-refractivity contribution in [1.29, 1.82) is 5.26 Å². The molecule has 11 heavy (non-hydrogen) atoms. The van der Waals surface area contributed by atoms with E-state index in [9.17, 15) is 0 Å². The average Bonchev–Trinajstić information content (AvgIpc) is 2.05. The van der Waals surface area contributed by atoms with E-state index in [1.807, 2.05) is 0 Å². The monoisotopic (exact) mass is 152 g/mol. The van der Waals surface area contributed by atoms with Crippen LogP contribution < -0.4 is 0 Å². The van der Waals surface area contributed by atoms with E-state index in [0.29, 0.717) is 12.0 Å². The second-order valence-electron chi connectivity index (χ2n) is 3.53. The van der Waals surface area contributed by atoms with Crippen molar-refractivity contribution in [3.63, 3.8) is 0 Å². The van der Waals surface area contributed by atoms with E-state index >= 15 is 0 Å². The van der Waals surface area contributed by atoms with E-state index in [-0.39, 0.29) is 0 Å². The molecule has 0 aromatic heterocycles. The highest BCUT2D eigenvalue weighted by molar-refractivity contribution is 4.87. The topological polar surface area (TPSA) is 27.0 Å². The van der Waals surface area contributed by atoms with Crippen molar-refractivity contribution in [2.75, 3.05) is 13.1 Å². The van der Waals surface area contributed by atoms with Crippen LogP contribution in [0.5, 0.6) is 0 Å². The van der Waals surface area contributed by atoms with Gasteiger partial charge in [0.1, 0.15) is 0 Å². The van der Waals surface area contributed by atoms with Gasteiger partial charge in [0, 0.05) is 12.0 Å². The zero-order valence-electron chi connectivity index (χ0n) is 7.38. The van der Waals surface area contributed by atoms with Crippen LogP contribution >= 0.6 is 0 Å². The van der Waals surface area contributed by atoms with Crippen molar-refractivity contribution >= 4 is 0 Å². The first kappa shape index (κ1) is 8.55. The van der Waals surface area contributed by atoms with Crippen LogP contribution in [0.3, 0.4) is 0 Å². The second kappa shape index (κ2) is 3.73. The largest absolute Gasteiger partial charge is 0.301 e. The SMILES string of the molecule is CC(C)N1CCC(C#N)CC1. The number of piperidine rings is 1. The number of likely N-dealkylation sites (tertiary alicyclic amines) is 1. The molecule has 1 saturated heterocycles. The van der Waals surface area contributed by atoms with Gasteiger partial charge in [-0.25, -0.2) is 0 Å². The van der Waals surface area contributed by atoms with Gasteiger partial charge in [-0.3, -0.25) is 0 Å². The summed E-state index contributed by atoms with van der Waals surface area (Å²) >= 11 is 0. The molecule has 62 valence electrons. The van der Waals surface area contributed by atoms with Crippen LogP contribution in [-0.4, -0.2) is 24.0 Å². The molecule has 1 rings (SSSR count). The molecule has 0 bridgehead atoms. The lowest BCUT2D eigenvalue weighted by Crippen LogP contribution is -2.38. The van der Waals surface area contributed by atoms with Gasteiger partial charge in [0.2, 0.25) is 0 Å². The quantitative estimate of drug-likeness (QED) is 0.571. The van der Waals surface area contributed by atoms with Crippen LogP contribution in [-0.2, 0) is 0 Å². The molecule has 0 N–H and O–H groups in total. The van der Waals surface area contributed by atoms with Gasteiger partial charge in [-0.1, -0.05) is 0 Å². The molecule has 0 saturated carbocycles. The standard InChI is InChI=1S/C9H16N2/c1-8(2)11-5-3-9(7-10)4-6-11/h8-9H,3-6H2,1-2H3. The Morgan fingerprint density at radius 3 is 2.27 bits per heavy atom. The van der Waals surface area contributed by atoms with Crippen molar-refractivity contribution < 1.29 is 0 Å². The molecule has 1 heterocycles. The molecule has 1 fully saturated rings. The van der Waals surface area contributed by atoms with Crippen LogP contribution in [0.25, 0.3) is 0 Å².